The van der Waals surface area contributed by atoms with Crippen molar-refractivity contribution in [3.05, 3.63) is 59.9 Å². The summed E-state index contributed by atoms with van der Waals surface area (Å²) in [6.45, 7) is -1.14. The lowest BCUT2D eigenvalue weighted by atomic mass is 9.97. The third-order valence-electron chi connectivity index (χ3n) is 3.31. The van der Waals surface area contributed by atoms with Crippen LogP contribution >= 0.6 is 0 Å². The largest absolute Gasteiger partial charge is 0.433 e. The van der Waals surface area contributed by atoms with E-state index in [1.165, 1.54) is 30.3 Å². The number of hydrogen-bond donors (Lipinski definition) is 1. The molecule has 0 aliphatic carbocycles. The fraction of sp³-hybridized carbons (Fsp3) is 0.235. The standard InChI is InChI=1S/C17H16F3NO2/c1-11(12-6-8-13(18)9-7-12)10-16(22)21-14-4-2-3-5-15(14)23-17(19)20/h2-9,11,17H,10H2,1H3,(H,21,22). The third-order valence-corrected chi connectivity index (χ3v) is 3.31. The molecule has 2 aromatic rings. The number of anilines is 1. The second kappa shape index (κ2) is 7.67. The van der Waals surface area contributed by atoms with Crippen molar-refractivity contribution >= 4 is 11.6 Å². The molecular formula is C17H16F3NO2. The number of halogens is 3. The van der Waals surface area contributed by atoms with E-state index >= 15 is 0 Å². The molecule has 0 heterocycles. The number of benzene rings is 2. The molecule has 1 unspecified atom stereocenters. The Morgan fingerprint density at radius 1 is 1.13 bits per heavy atom. The van der Waals surface area contributed by atoms with Crippen molar-refractivity contribution in [2.45, 2.75) is 25.9 Å². The van der Waals surface area contributed by atoms with E-state index in [0.29, 0.717) is 0 Å². The van der Waals surface area contributed by atoms with Crippen LogP contribution in [0.2, 0.25) is 0 Å². The van der Waals surface area contributed by atoms with Gasteiger partial charge in [0.25, 0.3) is 0 Å². The number of amides is 1. The summed E-state index contributed by atoms with van der Waals surface area (Å²) in [7, 11) is 0. The minimum absolute atomic E-state index is 0.0923. The lowest BCUT2D eigenvalue weighted by molar-refractivity contribution is -0.116. The van der Waals surface area contributed by atoms with Crippen molar-refractivity contribution in [2.75, 3.05) is 5.32 Å². The molecular weight excluding hydrogens is 307 g/mol. The summed E-state index contributed by atoms with van der Waals surface area (Å²) < 4.78 is 41.9. The highest BCUT2D eigenvalue weighted by molar-refractivity contribution is 5.92. The zero-order valence-electron chi connectivity index (χ0n) is 12.4. The molecule has 0 aliphatic heterocycles. The van der Waals surface area contributed by atoms with Crippen LogP contribution in [-0.4, -0.2) is 12.5 Å². The van der Waals surface area contributed by atoms with Crippen molar-refractivity contribution in [3.8, 4) is 5.75 Å². The lowest BCUT2D eigenvalue weighted by Gasteiger charge is -2.14. The van der Waals surface area contributed by atoms with Crippen LogP contribution in [0, 0.1) is 5.82 Å². The molecule has 0 aromatic heterocycles. The van der Waals surface area contributed by atoms with Crippen molar-refractivity contribution in [1.82, 2.24) is 0 Å². The second-order valence-electron chi connectivity index (χ2n) is 5.08. The Labute approximate surface area is 132 Å². The Morgan fingerprint density at radius 2 is 1.78 bits per heavy atom. The van der Waals surface area contributed by atoms with Crippen LogP contribution in [0.25, 0.3) is 0 Å². The first-order chi connectivity index (χ1) is 11.0. The van der Waals surface area contributed by atoms with Gasteiger partial charge in [-0.2, -0.15) is 8.78 Å². The summed E-state index contributed by atoms with van der Waals surface area (Å²) in [4.78, 5) is 12.1. The molecule has 23 heavy (non-hydrogen) atoms. The van der Waals surface area contributed by atoms with Gasteiger partial charge in [0.1, 0.15) is 11.6 Å². The smallest absolute Gasteiger partial charge is 0.387 e. The van der Waals surface area contributed by atoms with Crippen LogP contribution in [0.4, 0.5) is 18.9 Å². The number of hydrogen-bond acceptors (Lipinski definition) is 2. The van der Waals surface area contributed by atoms with E-state index in [1.807, 2.05) is 6.92 Å². The summed E-state index contributed by atoms with van der Waals surface area (Å²) in [5.74, 6) is -0.917. The molecule has 1 amide bonds. The van der Waals surface area contributed by atoms with Crippen molar-refractivity contribution in [2.24, 2.45) is 0 Å². The van der Waals surface area contributed by atoms with Crippen LogP contribution in [-0.2, 0) is 4.79 Å². The minimum atomic E-state index is -2.97. The Morgan fingerprint density at radius 3 is 2.43 bits per heavy atom. The topological polar surface area (TPSA) is 38.3 Å². The maximum Gasteiger partial charge on any atom is 0.387 e. The molecule has 0 aliphatic rings. The van der Waals surface area contributed by atoms with Gasteiger partial charge in [-0.05, 0) is 35.7 Å². The molecule has 2 aromatic carbocycles. The van der Waals surface area contributed by atoms with Crippen LogP contribution in [0.1, 0.15) is 24.8 Å². The summed E-state index contributed by atoms with van der Waals surface area (Å²) in [5.41, 5.74) is 1.00. The Balaban J connectivity index is 2.01. The van der Waals surface area contributed by atoms with E-state index in [2.05, 4.69) is 10.1 Å². The van der Waals surface area contributed by atoms with Gasteiger partial charge in [-0.1, -0.05) is 31.2 Å². The fourth-order valence-electron chi connectivity index (χ4n) is 2.16. The van der Waals surface area contributed by atoms with E-state index < -0.39 is 6.61 Å². The molecule has 0 radical (unpaired) electrons. The molecule has 1 atom stereocenters. The molecule has 3 nitrogen and oxygen atoms in total. The number of carbonyl (C=O) groups is 1. The summed E-state index contributed by atoms with van der Waals surface area (Å²) >= 11 is 0. The zero-order chi connectivity index (χ0) is 16.8. The third kappa shape index (κ3) is 5.02. The average Bonchev–Trinajstić information content (AvgIpc) is 2.49. The van der Waals surface area contributed by atoms with Crippen LogP contribution in [0.5, 0.6) is 5.75 Å². The molecule has 0 fully saturated rings. The van der Waals surface area contributed by atoms with E-state index in [1.54, 1.807) is 18.2 Å². The van der Waals surface area contributed by atoms with Crippen LogP contribution in [0.15, 0.2) is 48.5 Å². The lowest BCUT2D eigenvalue weighted by Crippen LogP contribution is -2.15. The van der Waals surface area contributed by atoms with E-state index in [4.69, 9.17) is 0 Å². The molecule has 0 saturated carbocycles. The highest BCUT2D eigenvalue weighted by atomic mass is 19.3. The van der Waals surface area contributed by atoms with Gasteiger partial charge in [-0.25, -0.2) is 4.39 Å². The van der Waals surface area contributed by atoms with E-state index in [0.717, 1.165) is 5.56 Å². The quantitative estimate of drug-likeness (QED) is 0.846. The number of carbonyl (C=O) groups excluding carboxylic acids is 1. The normalized spacial score (nSPS) is 12.0. The first-order valence-electron chi connectivity index (χ1n) is 7.05. The average molecular weight is 323 g/mol. The number of ether oxygens (including phenoxy) is 1. The number of alkyl halides is 2. The molecule has 6 heteroatoms. The number of para-hydroxylation sites is 2. The highest BCUT2D eigenvalue weighted by Crippen LogP contribution is 2.27. The molecule has 0 saturated heterocycles. The van der Waals surface area contributed by atoms with E-state index in [9.17, 15) is 18.0 Å². The van der Waals surface area contributed by atoms with Crippen molar-refractivity contribution in [1.29, 1.82) is 0 Å². The first-order valence-corrected chi connectivity index (χ1v) is 7.05. The Kier molecular flexibility index (Phi) is 5.62. The fourth-order valence-corrected chi connectivity index (χ4v) is 2.16. The van der Waals surface area contributed by atoms with Crippen LogP contribution in [0.3, 0.4) is 0 Å². The SMILES string of the molecule is CC(CC(=O)Nc1ccccc1OC(F)F)c1ccc(F)cc1. The van der Waals surface area contributed by atoms with Gasteiger partial charge in [-0.3, -0.25) is 4.79 Å². The predicted octanol–water partition coefficient (Wildman–Crippen LogP) is 4.56. The highest BCUT2D eigenvalue weighted by Gasteiger charge is 2.15. The molecule has 0 bridgehead atoms. The van der Waals surface area contributed by atoms with Crippen LogP contribution < -0.4 is 10.1 Å². The predicted molar refractivity (Wildman–Crippen MR) is 81.1 cm³/mol. The van der Waals surface area contributed by atoms with E-state index in [-0.39, 0.29) is 35.5 Å². The number of nitrogens with one attached hydrogen (secondary N) is 1. The Hall–Kier alpha value is -2.50. The molecule has 0 spiro atoms. The summed E-state index contributed by atoms with van der Waals surface area (Å²) in [5, 5.41) is 2.56. The monoisotopic (exact) mass is 323 g/mol. The van der Waals surface area contributed by atoms with Gasteiger partial charge in [0, 0.05) is 6.42 Å². The maximum atomic E-state index is 12.9. The van der Waals surface area contributed by atoms with Gasteiger partial charge in [0.05, 0.1) is 5.69 Å². The maximum absolute atomic E-state index is 12.9. The Bertz CT molecular complexity index is 659. The first kappa shape index (κ1) is 16.9. The van der Waals surface area contributed by atoms with Crippen molar-refractivity contribution < 1.29 is 22.7 Å². The second-order valence-corrected chi connectivity index (χ2v) is 5.08. The van der Waals surface area contributed by atoms with Gasteiger partial charge >= 0.3 is 6.61 Å². The zero-order valence-corrected chi connectivity index (χ0v) is 12.4. The molecule has 122 valence electrons. The molecule has 2 rings (SSSR count). The summed E-state index contributed by atoms with van der Waals surface area (Å²) in [6, 6.07) is 11.9. The van der Waals surface area contributed by atoms with Gasteiger partial charge < -0.3 is 10.1 Å². The number of rotatable bonds is 6. The van der Waals surface area contributed by atoms with Gasteiger partial charge in [0.15, 0.2) is 0 Å². The minimum Gasteiger partial charge on any atom is -0.433 e. The summed E-state index contributed by atoms with van der Waals surface area (Å²) in [6.07, 6.45) is 0.134. The van der Waals surface area contributed by atoms with Gasteiger partial charge in [-0.15, -0.1) is 0 Å². The van der Waals surface area contributed by atoms with Gasteiger partial charge in [0.2, 0.25) is 5.91 Å². The van der Waals surface area contributed by atoms with Crippen molar-refractivity contribution in [3.63, 3.8) is 0 Å². The molecule has 1 N–H and O–H groups in total.